The molecule has 162 valence electrons. The Kier molecular flexibility index (Phi) is 6.11. The lowest BCUT2D eigenvalue weighted by Crippen LogP contribution is -2.22. The highest BCUT2D eigenvalue weighted by Crippen LogP contribution is 2.45. The summed E-state index contributed by atoms with van der Waals surface area (Å²) in [6, 6.07) is 16.7. The molecule has 3 aromatic rings. The fraction of sp³-hybridized carbons (Fsp3) is 0.0870. The maximum atomic E-state index is 13.0. The molecular formula is C23H13Cl3O6. The number of ether oxygens (including phenoxy) is 2. The molecule has 9 heteroatoms. The van der Waals surface area contributed by atoms with E-state index in [0.717, 1.165) is 28.3 Å². The van der Waals surface area contributed by atoms with Gasteiger partial charge in [-0.1, -0.05) is 83.3 Å². The first-order valence-corrected chi connectivity index (χ1v) is 10.4. The van der Waals surface area contributed by atoms with Gasteiger partial charge in [-0.2, -0.15) is 0 Å². The molecule has 0 unspecified atom stereocenters. The van der Waals surface area contributed by atoms with E-state index in [9.17, 15) is 14.4 Å². The highest BCUT2D eigenvalue weighted by atomic mass is 35.5. The molecule has 0 aliphatic heterocycles. The lowest BCUT2D eigenvalue weighted by Gasteiger charge is -2.16. The van der Waals surface area contributed by atoms with E-state index in [4.69, 9.17) is 49.4 Å². The highest BCUT2D eigenvalue weighted by Gasteiger charge is 2.32. The van der Waals surface area contributed by atoms with Crippen molar-refractivity contribution < 1.29 is 29.0 Å². The Bertz CT molecular complexity index is 1230. The van der Waals surface area contributed by atoms with Gasteiger partial charge in [-0.3, -0.25) is 0 Å². The Labute approximate surface area is 197 Å². The number of hydrogen-bond donors (Lipinski definition) is 1. The van der Waals surface area contributed by atoms with Crippen molar-refractivity contribution in [3.8, 4) is 16.9 Å². The first-order chi connectivity index (χ1) is 15.3. The van der Waals surface area contributed by atoms with Crippen LogP contribution in [0.1, 0.15) is 27.4 Å². The van der Waals surface area contributed by atoms with Crippen LogP contribution in [0.15, 0.2) is 54.6 Å². The number of hydrogen-bond acceptors (Lipinski definition) is 5. The number of carboxylic acids is 1. The minimum Gasteiger partial charge on any atom is -0.473 e. The predicted octanol–water partition coefficient (Wildman–Crippen LogP) is 5.61. The maximum Gasteiger partial charge on any atom is 0.422 e. The van der Waals surface area contributed by atoms with Gasteiger partial charge in [0.1, 0.15) is 12.2 Å². The van der Waals surface area contributed by atoms with Crippen LogP contribution >= 0.6 is 34.8 Å². The number of rotatable bonds is 4. The molecule has 0 saturated heterocycles. The van der Waals surface area contributed by atoms with Crippen LogP contribution in [-0.4, -0.2) is 29.6 Å². The average Bonchev–Trinajstić information content (AvgIpc) is 3.09. The van der Waals surface area contributed by atoms with Gasteiger partial charge in [0, 0.05) is 5.92 Å². The molecule has 0 atom stereocenters. The van der Waals surface area contributed by atoms with E-state index in [1.807, 2.05) is 48.5 Å². The minimum atomic E-state index is -1.87. The third-order valence-electron chi connectivity index (χ3n) is 5.04. The van der Waals surface area contributed by atoms with E-state index in [1.165, 1.54) is 0 Å². The van der Waals surface area contributed by atoms with Gasteiger partial charge in [0.2, 0.25) is 0 Å². The molecule has 1 N–H and O–H groups in total. The molecule has 0 radical (unpaired) electrons. The normalized spacial score (nSPS) is 12.1. The van der Waals surface area contributed by atoms with Crippen molar-refractivity contribution in [2.75, 3.05) is 6.61 Å². The van der Waals surface area contributed by atoms with E-state index in [2.05, 4.69) is 0 Å². The van der Waals surface area contributed by atoms with Gasteiger partial charge in [0.25, 0.3) is 0 Å². The SMILES string of the molecule is O=C(O)C(=O)Oc1c(Cl)cc(Cl)c(Cl)c1C(=O)OCC1c2ccccc2-c2ccccc21. The molecule has 0 fully saturated rings. The topological polar surface area (TPSA) is 89.9 Å². The number of esters is 2. The molecule has 1 aliphatic carbocycles. The predicted molar refractivity (Wildman–Crippen MR) is 119 cm³/mol. The minimum absolute atomic E-state index is 0.0420. The Balaban J connectivity index is 1.66. The molecule has 0 amide bonds. The Morgan fingerprint density at radius 1 is 0.875 bits per heavy atom. The van der Waals surface area contributed by atoms with Gasteiger partial charge < -0.3 is 14.6 Å². The van der Waals surface area contributed by atoms with Crippen LogP contribution in [0.25, 0.3) is 11.1 Å². The van der Waals surface area contributed by atoms with Gasteiger partial charge in [0.05, 0.1) is 15.1 Å². The zero-order chi connectivity index (χ0) is 23.0. The molecule has 6 nitrogen and oxygen atoms in total. The number of benzene rings is 3. The van der Waals surface area contributed by atoms with E-state index in [1.54, 1.807) is 0 Å². The molecule has 0 bridgehead atoms. The first-order valence-electron chi connectivity index (χ1n) is 9.27. The first kappa shape index (κ1) is 22.1. The summed E-state index contributed by atoms with van der Waals surface area (Å²) in [4.78, 5) is 35.4. The summed E-state index contributed by atoms with van der Waals surface area (Å²) in [7, 11) is 0. The quantitative estimate of drug-likeness (QED) is 0.221. The fourth-order valence-corrected chi connectivity index (χ4v) is 4.39. The summed E-state index contributed by atoms with van der Waals surface area (Å²) in [6.45, 7) is -0.0420. The van der Waals surface area contributed by atoms with E-state index in [-0.39, 0.29) is 27.6 Å². The lowest BCUT2D eigenvalue weighted by molar-refractivity contribution is -0.158. The number of halogens is 3. The van der Waals surface area contributed by atoms with Gasteiger partial charge in [-0.05, 0) is 28.3 Å². The van der Waals surface area contributed by atoms with Crippen molar-refractivity contribution in [2.45, 2.75) is 5.92 Å². The second-order valence-electron chi connectivity index (χ2n) is 6.88. The Morgan fingerprint density at radius 2 is 1.44 bits per heavy atom. The van der Waals surface area contributed by atoms with Gasteiger partial charge in [-0.15, -0.1) is 0 Å². The number of fused-ring (bicyclic) bond motifs is 3. The molecule has 0 heterocycles. The van der Waals surface area contributed by atoms with Gasteiger partial charge in [0.15, 0.2) is 5.75 Å². The Morgan fingerprint density at radius 3 is 2.00 bits per heavy atom. The molecule has 0 aromatic heterocycles. The molecule has 1 aliphatic rings. The van der Waals surface area contributed by atoms with Crippen molar-refractivity contribution >= 4 is 52.7 Å². The number of carbonyl (C=O) groups excluding carboxylic acids is 2. The highest BCUT2D eigenvalue weighted by molar-refractivity contribution is 6.46. The van der Waals surface area contributed by atoms with Crippen LogP contribution in [0.2, 0.25) is 15.1 Å². The largest absolute Gasteiger partial charge is 0.473 e. The fourth-order valence-electron chi connectivity index (χ4n) is 3.67. The van der Waals surface area contributed by atoms with Gasteiger partial charge >= 0.3 is 17.9 Å². The number of carboxylic acid groups (broad SMARTS) is 1. The van der Waals surface area contributed by atoms with E-state index in [0.29, 0.717) is 0 Å². The third kappa shape index (κ3) is 3.93. The summed E-state index contributed by atoms with van der Waals surface area (Å²) in [5, 5.41) is 8.20. The van der Waals surface area contributed by atoms with Crippen LogP contribution in [0.3, 0.4) is 0 Å². The van der Waals surface area contributed by atoms with Crippen molar-refractivity contribution in [3.63, 3.8) is 0 Å². The molecular weight excluding hydrogens is 479 g/mol. The summed E-state index contributed by atoms with van der Waals surface area (Å²) in [5.74, 6) is -5.24. The third-order valence-corrected chi connectivity index (χ3v) is 6.11. The molecule has 32 heavy (non-hydrogen) atoms. The van der Waals surface area contributed by atoms with Crippen molar-refractivity contribution in [3.05, 3.63) is 86.4 Å². The zero-order valence-corrected chi connectivity index (χ0v) is 18.4. The summed E-state index contributed by atoms with van der Waals surface area (Å²) >= 11 is 18.2. The summed E-state index contributed by atoms with van der Waals surface area (Å²) in [6.07, 6.45) is 0. The van der Waals surface area contributed by atoms with E-state index < -0.39 is 29.2 Å². The van der Waals surface area contributed by atoms with Crippen LogP contribution in [0.5, 0.6) is 5.75 Å². The number of carbonyl (C=O) groups is 3. The Hall–Kier alpha value is -3.06. The molecule has 0 spiro atoms. The second-order valence-corrected chi connectivity index (χ2v) is 8.07. The number of aliphatic carboxylic acids is 1. The molecule has 0 saturated carbocycles. The molecule has 3 aromatic carbocycles. The van der Waals surface area contributed by atoms with Crippen LogP contribution in [0, 0.1) is 0 Å². The van der Waals surface area contributed by atoms with Crippen LogP contribution < -0.4 is 4.74 Å². The van der Waals surface area contributed by atoms with Crippen molar-refractivity contribution in [1.82, 2.24) is 0 Å². The summed E-state index contributed by atoms with van der Waals surface area (Å²) < 4.78 is 10.3. The second kappa shape index (κ2) is 8.82. The van der Waals surface area contributed by atoms with Crippen molar-refractivity contribution in [2.24, 2.45) is 0 Å². The van der Waals surface area contributed by atoms with Crippen molar-refractivity contribution in [1.29, 1.82) is 0 Å². The van der Waals surface area contributed by atoms with Gasteiger partial charge in [-0.25, -0.2) is 14.4 Å². The van der Waals surface area contributed by atoms with Crippen LogP contribution in [-0.2, 0) is 14.3 Å². The smallest absolute Gasteiger partial charge is 0.422 e. The summed E-state index contributed by atoms with van der Waals surface area (Å²) in [5.41, 5.74) is 3.65. The van der Waals surface area contributed by atoms with Crippen LogP contribution in [0.4, 0.5) is 0 Å². The lowest BCUT2D eigenvalue weighted by atomic mass is 9.98. The monoisotopic (exact) mass is 490 g/mol. The van der Waals surface area contributed by atoms with E-state index >= 15 is 0 Å². The molecule has 4 rings (SSSR count). The maximum absolute atomic E-state index is 13.0. The zero-order valence-electron chi connectivity index (χ0n) is 16.1. The standard InChI is InChI=1S/C23H13Cl3O6/c24-16-9-17(25)20(32-23(30)21(27)28)18(19(16)26)22(29)31-10-15-13-7-3-1-5-11(13)12-6-2-4-8-14(12)15/h1-9,15H,10H2,(H,27,28). The average molecular weight is 492 g/mol.